The molecule has 0 atom stereocenters. The molecule has 0 saturated carbocycles. The zero-order valence-corrected chi connectivity index (χ0v) is 17.0. The number of carbonyl (C=O) groups excluding carboxylic acids is 1. The maximum atomic E-state index is 12.5. The fraction of sp³-hybridized carbons (Fsp3) is 0.150. The van der Waals surface area contributed by atoms with E-state index in [0.717, 1.165) is 0 Å². The van der Waals surface area contributed by atoms with Crippen molar-refractivity contribution in [3.8, 4) is 22.7 Å². The third kappa shape index (κ3) is 4.19. The van der Waals surface area contributed by atoms with Crippen molar-refractivity contribution in [2.24, 2.45) is 0 Å². The standard InChI is InChI=1S/C20H16ClN5O5/c1-29-15-9-7-14(8-10-15)25-17(11-21)22-19(23-25)20(27)30-12-16-18(24-31-26(16)28)13-5-3-2-4-6-13/h2-10H,11-12H2,1H3. The van der Waals surface area contributed by atoms with E-state index >= 15 is 0 Å². The van der Waals surface area contributed by atoms with Gasteiger partial charge < -0.3 is 14.7 Å². The van der Waals surface area contributed by atoms with E-state index in [1.165, 1.54) is 4.68 Å². The molecule has 2 aromatic heterocycles. The molecule has 158 valence electrons. The van der Waals surface area contributed by atoms with Gasteiger partial charge in [-0.2, -0.15) is 0 Å². The predicted octanol–water partition coefficient (Wildman–Crippen LogP) is 2.66. The van der Waals surface area contributed by atoms with Crippen LogP contribution in [0.1, 0.15) is 22.1 Å². The van der Waals surface area contributed by atoms with Crippen molar-refractivity contribution in [3.63, 3.8) is 0 Å². The smallest absolute Gasteiger partial charge is 0.378 e. The monoisotopic (exact) mass is 441 g/mol. The Labute approximate surface area is 181 Å². The van der Waals surface area contributed by atoms with Gasteiger partial charge in [-0.15, -0.1) is 16.7 Å². The molecule has 0 aliphatic heterocycles. The van der Waals surface area contributed by atoms with E-state index in [0.29, 0.717) is 22.8 Å². The third-order valence-electron chi connectivity index (χ3n) is 4.38. The topological polar surface area (TPSA) is 119 Å². The first-order chi connectivity index (χ1) is 15.1. The Balaban J connectivity index is 1.54. The Kier molecular flexibility index (Phi) is 5.80. The fourth-order valence-corrected chi connectivity index (χ4v) is 3.02. The third-order valence-corrected chi connectivity index (χ3v) is 4.62. The number of esters is 1. The minimum absolute atomic E-state index is 0.0245. The molecular weight excluding hydrogens is 426 g/mol. The van der Waals surface area contributed by atoms with E-state index in [1.807, 2.05) is 6.07 Å². The van der Waals surface area contributed by atoms with Crippen LogP contribution in [0.2, 0.25) is 0 Å². The molecule has 0 saturated heterocycles. The van der Waals surface area contributed by atoms with Gasteiger partial charge in [0, 0.05) is 10.7 Å². The number of nitrogens with zero attached hydrogens (tertiary/aromatic N) is 5. The van der Waals surface area contributed by atoms with Gasteiger partial charge in [0.2, 0.25) is 5.69 Å². The molecule has 0 spiro atoms. The maximum absolute atomic E-state index is 12.5. The second-order valence-electron chi connectivity index (χ2n) is 6.26. The first-order valence-electron chi connectivity index (χ1n) is 9.08. The van der Waals surface area contributed by atoms with Gasteiger partial charge in [0.05, 0.1) is 18.7 Å². The van der Waals surface area contributed by atoms with Crippen LogP contribution in [0.5, 0.6) is 5.75 Å². The van der Waals surface area contributed by atoms with Crippen LogP contribution in [-0.2, 0) is 17.2 Å². The van der Waals surface area contributed by atoms with Crippen molar-refractivity contribution in [1.82, 2.24) is 19.9 Å². The first-order valence-corrected chi connectivity index (χ1v) is 9.61. The predicted molar refractivity (Wildman–Crippen MR) is 107 cm³/mol. The zero-order chi connectivity index (χ0) is 21.8. The van der Waals surface area contributed by atoms with Crippen LogP contribution < -0.4 is 9.64 Å². The van der Waals surface area contributed by atoms with E-state index in [4.69, 9.17) is 21.1 Å². The summed E-state index contributed by atoms with van der Waals surface area (Å²) in [6.07, 6.45) is 0. The van der Waals surface area contributed by atoms with Gasteiger partial charge in [0.15, 0.2) is 6.61 Å². The zero-order valence-electron chi connectivity index (χ0n) is 16.3. The highest BCUT2D eigenvalue weighted by Crippen LogP contribution is 2.20. The van der Waals surface area contributed by atoms with Crippen LogP contribution in [0.4, 0.5) is 0 Å². The molecule has 0 amide bonds. The summed E-state index contributed by atoms with van der Waals surface area (Å²) in [5.74, 6) is 0.0364. The molecule has 4 rings (SSSR count). The van der Waals surface area contributed by atoms with Gasteiger partial charge >= 0.3 is 5.97 Å². The Morgan fingerprint density at radius 2 is 1.94 bits per heavy atom. The molecule has 0 radical (unpaired) electrons. The van der Waals surface area contributed by atoms with Crippen molar-refractivity contribution in [2.45, 2.75) is 12.5 Å². The lowest BCUT2D eigenvalue weighted by Gasteiger charge is -2.05. The lowest BCUT2D eigenvalue weighted by molar-refractivity contribution is -0.808. The molecule has 31 heavy (non-hydrogen) atoms. The van der Waals surface area contributed by atoms with Crippen molar-refractivity contribution >= 4 is 17.6 Å². The molecule has 10 nitrogen and oxygen atoms in total. The van der Waals surface area contributed by atoms with Crippen molar-refractivity contribution in [1.29, 1.82) is 0 Å². The molecule has 11 heteroatoms. The molecule has 0 unspecified atom stereocenters. The lowest BCUT2D eigenvalue weighted by atomic mass is 10.1. The summed E-state index contributed by atoms with van der Waals surface area (Å²) in [7, 11) is 1.56. The van der Waals surface area contributed by atoms with Crippen LogP contribution >= 0.6 is 11.6 Å². The van der Waals surface area contributed by atoms with E-state index in [2.05, 4.69) is 19.9 Å². The Bertz CT molecular complexity index is 1190. The Hall–Kier alpha value is -3.92. The number of benzene rings is 2. The summed E-state index contributed by atoms with van der Waals surface area (Å²) >= 11 is 5.96. The van der Waals surface area contributed by atoms with Crippen LogP contribution in [0.15, 0.2) is 59.2 Å². The highest BCUT2D eigenvalue weighted by Gasteiger charge is 2.24. The van der Waals surface area contributed by atoms with Crippen LogP contribution in [-0.4, -0.2) is 33.0 Å². The average molecular weight is 442 g/mol. The summed E-state index contributed by atoms with van der Waals surface area (Å²) in [5, 5.41) is 19.9. The largest absolute Gasteiger partial charge is 0.497 e. The summed E-state index contributed by atoms with van der Waals surface area (Å²) in [5.41, 5.74) is 1.62. The van der Waals surface area contributed by atoms with Crippen LogP contribution in [0.25, 0.3) is 16.9 Å². The van der Waals surface area contributed by atoms with Gasteiger partial charge in [0.1, 0.15) is 11.6 Å². The van der Waals surface area contributed by atoms with Gasteiger partial charge in [-0.25, -0.2) is 14.5 Å². The van der Waals surface area contributed by atoms with Crippen molar-refractivity contribution < 1.29 is 23.8 Å². The number of hydrogen-bond acceptors (Lipinski definition) is 8. The number of ether oxygens (including phenoxy) is 2. The molecular formula is C20H16ClN5O5. The molecule has 0 N–H and O–H groups in total. The van der Waals surface area contributed by atoms with Gasteiger partial charge in [0.25, 0.3) is 11.5 Å². The molecule has 0 aliphatic carbocycles. The first kappa shape index (κ1) is 20.4. The fourth-order valence-electron chi connectivity index (χ4n) is 2.85. The van der Waals surface area contributed by atoms with Gasteiger partial charge in [-0.1, -0.05) is 30.3 Å². The SMILES string of the molecule is COc1ccc(-n2nc(C(=O)OCc3c(-c4ccccc4)no[n+]3[O-])nc2CCl)cc1. The number of rotatable bonds is 7. The van der Waals surface area contributed by atoms with Gasteiger partial charge in [-0.3, -0.25) is 4.63 Å². The molecule has 4 aromatic rings. The second kappa shape index (κ2) is 8.84. The number of alkyl halides is 1. The summed E-state index contributed by atoms with van der Waals surface area (Å²) < 4.78 is 16.5. The van der Waals surface area contributed by atoms with E-state index < -0.39 is 5.97 Å². The minimum Gasteiger partial charge on any atom is -0.497 e. The number of hydrogen-bond donors (Lipinski definition) is 0. The number of halogens is 1. The molecule has 2 aromatic carbocycles. The Morgan fingerprint density at radius 3 is 2.61 bits per heavy atom. The molecule has 0 bridgehead atoms. The number of aromatic nitrogens is 5. The van der Waals surface area contributed by atoms with Crippen LogP contribution in [0, 0.1) is 5.21 Å². The maximum Gasteiger partial charge on any atom is 0.378 e. The van der Waals surface area contributed by atoms with E-state index in [-0.39, 0.29) is 34.6 Å². The molecule has 0 fully saturated rings. The van der Waals surface area contributed by atoms with E-state index in [1.54, 1.807) is 55.6 Å². The van der Waals surface area contributed by atoms with Gasteiger partial charge in [-0.05, 0) is 29.2 Å². The quantitative estimate of drug-likeness (QED) is 0.244. The Morgan fingerprint density at radius 1 is 1.19 bits per heavy atom. The molecule has 2 heterocycles. The average Bonchev–Trinajstić information content (AvgIpc) is 3.42. The van der Waals surface area contributed by atoms with E-state index in [9.17, 15) is 10.0 Å². The number of carbonyl (C=O) groups is 1. The molecule has 0 aliphatic rings. The number of methoxy groups -OCH3 is 1. The van der Waals surface area contributed by atoms with Crippen molar-refractivity contribution in [3.05, 3.63) is 77.1 Å². The minimum atomic E-state index is -0.821. The summed E-state index contributed by atoms with van der Waals surface area (Å²) in [6.45, 7) is -0.372. The van der Waals surface area contributed by atoms with Crippen LogP contribution in [0.3, 0.4) is 0 Å². The highest BCUT2D eigenvalue weighted by molar-refractivity contribution is 6.16. The normalized spacial score (nSPS) is 10.8. The summed E-state index contributed by atoms with van der Waals surface area (Å²) in [6, 6.07) is 15.9. The lowest BCUT2D eigenvalue weighted by Crippen LogP contribution is -2.29. The van der Waals surface area contributed by atoms with Crippen molar-refractivity contribution in [2.75, 3.05) is 7.11 Å². The highest BCUT2D eigenvalue weighted by atomic mass is 35.5. The summed E-state index contributed by atoms with van der Waals surface area (Å²) in [4.78, 5) is 16.9. The second-order valence-corrected chi connectivity index (χ2v) is 6.53.